The molecule has 1 unspecified atom stereocenters. The molecule has 1 heterocycles. The van der Waals surface area contributed by atoms with Gasteiger partial charge >= 0.3 is 0 Å². The van der Waals surface area contributed by atoms with Crippen LogP contribution in [-0.2, 0) is 11.2 Å². The van der Waals surface area contributed by atoms with Crippen molar-refractivity contribution in [1.29, 1.82) is 0 Å². The lowest BCUT2D eigenvalue weighted by Crippen LogP contribution is -2.36. The average Bonchev–Trinajstić information content (AvgIpc) is 2.83. The van der Waals surface area contributed by atoms with E-state index in [4.69, 9.17) is 5.84 Å². The zero-order valence-corrected chi connectivity index (χ0v) is 10.8. The lowest BCUT2D eigenvalue weighted by molar-refractivity contribution is -0.124. The minimum Gasteiger partial charge on any atom is -0.335 e. The number of rotatable bonds is 4. The molecule has 96 valence electrons. The summed E-state index contributed by atoms with van der Waals surface area (Å²) in [4.78, 5) is 11.8. The molecule has 0 spiro atoms. The van der Waals surface area contributed by atoms with Gasteiger partial charge in [0.25, 0.3) is 5.91 Å². The number of benzene rings is 1. The Balaban J connectivity index is 2.60. The number of amides is 1. The summed E-state index contributed by atoms with van der Waals surface area (Å²) in [7, 11) is 0. The Kier molecular flexibility index (Phi) is 3.67. The van der Waals surface area contributed by atoms with Crippen LogP contribution in [0.5, 0.6) is 0 Å². The van der Waals surface area contributed by atoms with Gasteiger partial charge in [-0.2, -0.15) is 0 Å². The molecule has 0 saturated carbocycles. The molecule has 4 heteroatoms. The molecular weight excluding hydrogens is 226 g/mol. The van der Waals surface area contributed by atoms with Gasteiger partial charge in [-0.05, 0) is 29.9 Å². The molecule has 0 radical (unpaired) electrons. The van der Waals surface area contributed by atoms with E-state index < -0.39 is 0 Å². The van der Waals surface area contributed by atoms with Gasteiger partial charge in [-0.25, -0.2) is 5.84 Å². The number of nitrogens with one attached hydrogen (secondary N) is 1. The molecule has 0 fully saturated rings. The molecular formula is C14H19N3O. The summed E-state index contributed by atoms with van der Waals surface area (Å²) in [6, 6.07) is 8.01. The maximum absolute atomic E-state index is 11.8. The number of fused-ring (bicyclic) bond motifs is 1. The second kappa shape index (κ2) is 5.23. The highest BCUT2D eigenvalue weighted by molar-refractivity contribution is 5.87. The summed E-state index contributed by atoms with van der Waals surface area (Å²) in [5.74, 6) is 5.10. The first kappa shape index (κ1) is 12.6. The third-order valence-corrected chi connectivity index (χ3v) is 3.37. The Labute approximate surface area is 107 Å². The number of para-hydroxylation sites is 1. The van der Waals surface area contributed by atoms with Crippen molar-refractivity contribution >= 4 is 16.8 Å². The third kappa shape index (κ3) is 1.99. The van der Waals surface area contributed by atoms with Crippen molar-refractivity contribution in [3.63, 3.8) is 0 Å². The van der Waals surface area contributed by atoms with Gasteiger partial charge in [0.15, 0.2) is 0 Å². The second-order valence-electron chi connectivity index (χ2n) is 4.36. The summed E-state index contributed by atoms with van der Waals surface area (Å²) in [6.07, 6.45) is 3.63. The zero-order valence-electron chi connectivity index (χ0n) is 10.8. The molecule has 1 atom stereocenters. The van der Waals surface area contributed by atoms with E-state index in [0.717, 1.165) is 17.3 Å². The van der Waals surface area contributed by atoms with Crippen LogP contribution in [0.25, 0.3) is 10.9 Å². The quantitative estimate of drug-likeness (QED) is 0.492. The number of carbonyl (C=O) groups excluding carboxylic acids is 1. The molecule has 1 aromatic heterocycles. The lowest BCUT2D eigenvalue weighted by atomic mass is 10.1. The van der Waals surface area contributed by atoms with Crippen molar-refractivity contribution in [1.82, 2.24) is 9.99 Å². The van der Waals surface area contributed by atoms with Gasteiger partial charge < -0.3 is 4.57 Å². The summed E-state index contributed by atoms with van der Waals surface area (Å²) in [5, 5.41) is 1.16. The van der Waals surface area contributed by atoms with Crippen LogP contribution in [0.15, 0.2) is 30.5 Å². The van der Waals surface area contributed by atoms with E-state index in [-0.39, 0.29) is 11.9 Å². The number of hydrogen-bond acceptors (Lipinski definition) is 2. The van der Waals surface area contributed by atoms with Crippen LogP contribution in [0.1, 0.15) is 31.9 Å². The molecule has 18 heavy (non-hydrogen) atoms. The largest absolute Gasteiger partial charge is 0.335 e. The first-order valence-electron chi connectivity index (χ1n) is 6.31. The van der Waals surface area contributed by atoms with Crippen molar-refractivity contribution in [2.75, 3.05) is 0 Å². The fraction of sp³-hybridized carbons (Fsp3) is 0.357. The number of hydrogen-bond donors (Lipinski definition) is 2. The predicted molar refractivity (Wildman–Crippen MR) is 73.0 cm³/mol. The van der Waals surface area contributed by atoms with E-state index in [1.165, 1.54) is 5.56 Å². The van der Waals surface area contributed by atoms with Gasteiger partial charge in [0.2, 0.25) is 0 Å². The van der Waals surface area contributed by atoms with E-state index in [0.29, 0.717) is 6.42 Å². The molecule has 0 aliphatic carbocycles. The van der Waals surface area contributed by atoms with E-state index in [1.807, 2.05) is 23.8 Å². The van der Waals surface area contributed by atoms with Crippen LogP contribution in [-0.4, -0.2) is 10.5 Å². The zero-order chi connectivity index (χ0) is 13.1. The predicted octanol–water partition coefficient (Wildman–Crippen LogP) is 2.14. The monoisotopic (exact) mass is 245 g/mol. The SMILES string of the molecule is CCc1cccc2ccn(C(CC)C(=O)NN)c12. The van der Waals surface area contributed by atoms with Gasteiger partial charge in [-0.15, -0.1) is 0 Å². The Bertz CT molecular complexity index is 559. The molecule has 0 aliphatic heterocycles. The lowest BCUT2D eigenvalue weighted by Gasteiger charge is -2.18. The third-order valence-electron chi connectivity index (χ3n) is 3.37. The molecule has 1 aromatic carbocycles. The van der Waals surface area contributed by atoms with Gasteiger partial charge in [0.05, 0.1) is 5.52 Å². The Morgan fingerprint density at radius 1 is 1.39 bits per heavy atom. The van der Waals surface area contributed by atoms with Crippen molar-refractivity contribution in [3.8, 4) is 0 Å². The molecule has 0 aliphatic rings. The van der Waals surface area contributed by atoms with Crippen LogP contribution < -0.4 is 11.3 Å². The summed E-state index contributed by atoms with van der Waals surface area (Å²) in [5.41, 5.74) is 4.63. The van der Waals surface area contributed by atoms with Gasteiger partial charge in [0, 0.05) is 6.20 Å². The smallest absolute Gasteiger partial charge is 0.256 e. The van der Waals surface area contributed by atoms with Gasteiger partial charge in [0.1, 0.15) is 6.04 Å². The van der Waals surface area contributed by atoms with E-state index in [9.17, 15) is 4.79 Å². The molecule has 3 N–H and O–H groups in total. The van der Waals surface area contributed by atoms with E-state index in [1.54, 1.807) is 0 Å². The molecule has 4 nitrogen and oxygen atoms in total. The molecule has 0 bridgehead atoms. The standard InChI is InChI=1S/C14H19N3O/c1-3-10-6-5-7-11-8-9-17(13(10)11)12(4-2)14(18)16-15/h5-9,12H,3-4,15H2,1-2H3,(H,16,18). The van der Waals surface area contributed by atoms with Crippen LogP contribution in [0.3, 0.4) is 0 Å². The topological polar surface area (TPSA) is 60.0 Å². The highest BCUT2D eigenvalue weighted by atomic mass is 16.2. The number of nitrogens with two attached hydrogens (primary N) is 1. The number of hydrazine groups is 1. The van der Waals surface area contributed by atoms with Crippen LogP contribution in [0, 0.1) is 0 Å². The van der Waals surface area contributed by atoms with Crippen molar-refractivity contribution in [3.05, 3.63) is 36.0 Å². The number of aryl methyl sites for hydroxylation is 1. The van der Waals surface area contributed by atoms with E-state index in [2.05, 4.69) is 30.5 Å². The number of carbonyl (C=O) groups is 1. The highest BCUT2D eigenvalue weighted by Gasteiger charge is 2.19. The maximum Gasteiger partial charge on any atom is 0.256 e. The molecule has 2 rings (SSSR count). The first-order valence-corrected chi connectivity index (χ1v) is 6.31. The molecule has 1 amide bonds. The van der Waals surface area contributed by atoms with Crippen molar-refractivity contribution < 1.29 is 4.79 Å². The molecule has 0 saturated heterocycles. The van der Waals surface area contributed by atoms with Crippen molar-refractivity contribution in [2.45, 2.75) is 32.7 Å². The highest BCUT2D eigenvalue weighted by Crippen LogP contribution is 2.25. The average molecular weight is 245 g/mol. The van der Waals surface area contributed by atoms with Gasteiger partial charge in [-0.1, -0.05) is 32.0 Å². The normalized spacial score (nSPS) is 12.6. The molecule has 2 aromatic rings. The Morgan fingerprint density at radius 3 is 2.78 bits per heavy atom. The Hall–Kier alpha value is -1.81. The fourth-order valence-corrected chi connectivity index (χ4v) is 2.45. The fourth-order valence-electron chi connectivity index (χ4n) is 2.45. The minimum absolute atomic E-state index is 0.152. The second-order valence-corrected chi connectivity index (χ2v) is 4.36. The summed E-state index contributed by atoms with van der Waals surface area (Å²) < 4.78 is 2.02. The summed E-state index contributed by atoms with van der Waals surface area (Å²) in [6.45, 7) is 4.11. The van der Waals surface area contributed by atoms with Crippen LogP contribution in [0.2, 0.25) is 0 Å². The van der Waals surface area contributed by atoms with Crippen LogP contribution in [0.4, 0.5) is 0 Å². The van der Waals surface area contributed by atoms with Gasteiger partial charge in [-0.3, -0.25) is 10.2 Å². The maximum atomic E-state index is 11.8. The van der Waals surface area contributed by atoms with E-state index >= 15 is 0 Å². The van der Waals surface area contributed by atoms with Crippen molar-refractivity contribution in [2.24, 2.45) is 5.84 Å². The number of nitrogens with zero attached hydrogens (tertiary/aromatic N) is 1. The number of aromatic nitrogens is 1. The summed E-state index contributed by atoms with van der Waals surface area (Å²) >= 11 is 0. The van der Waals surface area contributed by atoms with Crippen LogP contribution >= 0.6 is 0 Å². The Morgan fingerprint density at radius 2 is 2.17 bits per heavy atom. The first-order chi connectivity index (χ1) is 8.72. The minimum atomic E-state index is -0.250.